The Morgan fingerprint density at radius 3 is 3.06 bits per heavy atom. The highest BCUT2D eigenvalue weighted by molar-refractivity contribution is 6.18. The summed E-state index contributed by atoms with van der Waals surface area (Å²) in [5.74, 6) is 0.582. The van der Waals surface area contributed by atoms with E-state index in [9.17, 15) is 4.79 Å². The van der Waals surface area contributed by atoms with Crippen LogP contribution in [0.25, 0.3) is 0 Å². The zero-order chi connectivity index (χ0) is 12.5. The van der Waals surface area contributed by atoms with Gasteiger partial charge >= 0.3 is 0 Å². The lowest BCUT2D eigenvalue weighted by Crippen LogP contribution is -2.25. The highest BCUT2D eigenvalue weighted by Gasteiger charge is 2.08. The van der Waals surface area contributed by atoms with Crippen molar-refractivity contribution in [2.24, 2.45) is 0 Å². The van der Waals surface area contributed by atoms with Gasteiger partial charge in [0.05, 0.1) is 12.8 Å². The number of halogens is 1. The Morgan fingerprint density at radius 1 is 1.65 bits per heavy atom. The Hall–Kier alpha value is -1.93. The van der Waals surface area contributed by atoms with Crippen LogP contribution in [0.15, 0.2) is 34.6 Å². The van der Waals surface area contributed by atoms with Crippen molar-refractivity contribution in [1.29, 1.82) is 5.26 Å². The molecule has 0 aromatic carbocycles. The fourth-order valence-electron chi connectivity index (χ4n) is 1.05. The first-order valence-electron chi connectivity index (χ1n) is 4.98. The first-order chi connectivity index (χ1) is 8.27. The molecule has 5 nitrogen and oxygen atoms in total. The zero-order valence-corrected chi connectivity index (χ0v) is 9.83. The minimum Gasteiger partial charge on any atom is -0.467 e. The number of carbonyl (C=O) groups is 1. The van der Waals surface area contributed by atoms with Gasteiger partial charge in [0.1, 0.15) is 17.4 Å². The van der Waals surface area contributed by atoms with Crippen LogP contribution in [0.5, 0.6) is 0 Å². The SMILES string of the molecule is N#C/C(=C/NCCCl)C(=O)NCc1ccco1. The minimum atomic E-state index is -0.453. The fourth-order valence-corrected chi connectivity index (χ4v) is 1.16. The van der Waals surface area contributed by atoms with Crippen molar-refractivity contribution >= 4 is 17.5 Å². The number of alkyl halides is 1. The maximum Gasteiger partial charge on any atom is 0.263 e. The van der Waals surface area contributed by atoms with Gasteiger partial charge in [-0.1, -0.05) is 0 Å². The van der Waals surface area contributed by atoms with Gasteiger partial charge in [-0.15, -0.1) is 11.6 Å². The van der Waals surface area contributed by atoms with Crippen molar-refractivity contribution in [1.82, 2.24) is 10.6 Å². The maximum absolute atomic E-state index is 11.5. The molecule has 0 aliphatic carbocycles. The number of amides is 1. The molecule has 0 aliphatic heterocycles. The van der Waals surface area contributed by atoms with Crippen molar-refractivity contribution in [2.75, 3.05) is 12.4 Å². The van der Waals surface area contributed by atoms with Crippen LogP contribution >= 0.6 is 11.6 Å². The van der Waals surface area contributed by atoms with Gasteiger partial charge in [-0.3, -0.25) is 4.79 Å². The van der Waals surface area contributed by atoms with E-state index >= 15 is 0 Å². The number of carbonyl (C=O) groups excluding carboxylic acids is 1. The molecule has 1 aromatic rings. The van der Waals surface area contributed by atoms with Crippen molar-refractivity contribution in [3.63, 3.8) is 0 Å². The number of nitrogens with zero attached hydrogens (tertiary/aromatic N) is 1. The van der Waals surface area contributed by atoms with E-state index in [1.54, 1.807) is 18.2 Å². The first-order valence-corrected chi connectivity index (χ1v) is 5.51. The molecule has 1 rings (SSSR count). The van der Waals surface area contributed by atoms with Gasteiger partial charge < -0.3 is 15.1 Å². The quantitative estimate of drug-likeness (QED) is 0.345. The van der Waals surface area contributed by atoms with Gasteiger partial charge in [-0.05, 0) is 12.1 Å². The van der Waals surface area contributed by atoms with Crippen molar-refractivity contribution in [3.8, 4) is 6.07 Å². The summed E-state index contributed by atoms with van der Waals surface area (Å²) in [6.45, 7) is 0.749. The van der Waals surface area contributed by atoms with Gasteiger partial charge in [0.2, 0.25) is 0 Å². The third-order valence-electron chi connectivity index (χ3n) is 1.85. The van der Waals surface area contributed by atoms with Crippen LogP contribution in [0.3, 0.4) is 0 Å². The monoisotopic (exact) mass is 253 g/mol. The Morgan fingerprint density at radius 2 is 2.47 bits per heavy atom. The first kappa shape index (κ1) is 13.1. The number of nitrogens with one attached hydrogen (secondary N) is 2. The zero-order valence-electron chi connectivity index (χ0n) is 9.07. The fraction of sp³-hybridized carbons (Fsp3) is 0.273. The molecule has 1 aromatic heterocycles. The molecular formula is C11H12ClN3O2. The summed E-state index contributed by atoms with van der Waals surface area (Å²) in [7, 11) is 0. The lowest BCUT2D eigenvalue weighted by Gasteiger charge is -2.02. The van der Waals surface area contributed by atoms with Crippen LogP contribution in [-0.2, 0) is 11.3 Å². The van der Waals surface area contributed by atoms with Crippen molar-refractivity contribution in [3.05, 3.63) is 35.9 Å². The normalized spacial score (nSPS) is 10.7. The average Bonchev–Trinajstić information content (AvgIpc) is 2.85. The second kappa shape index (κ2) is 7.36. The number of nitriles is 1. The largest absolute Gasteiger partial charge is 0.467 e. The molecule has 0 fully saturated rings. The van der Waals surface area contributed by atoms with Gasteiger partial charge in [-0.2, -0.15) is 5.26 Å². The second-order valence-electron chi connectivity index (χ2n) is 3.07. The summed E-state index contributed by atoms with van der Waals surface area (Å²) in [6, 6.07) is 5.27. The summed E-state index contributed by atoms with van der Waals surface area (Å²) in [5, 5.41) is 14.1. The summed E-state index contributed by atoms with van der Waals surface area (Å²) in [5.41, 5.74) is 0.00155. The summed E-state index contributed by atoms with van der Waals surface area (Å²) >= 11 is 5.45. The second-order valence-corrected chi connectivity index (χ2v) is 3.45. The predicted octanol–water partition coefficient (Wildman–Crippen LogP) is 1.13. The summed E-state index contributed by atoms with van der Waals surface area (Å²) in [4.78, 5) is 11.5. The molecule has 0 radical (unpaired) electrons. The van der Waals surface area contributed by atoms with Crippen LogP contribution in [-0.4, -0.2) is 18.3 Å². The molecule has 0 saturated carbocycles. The van der Waals surface area contributed by atoms with E-state index in [0.29, 0.717) is 18.2 Å². The van der Waals surface area contributed by atoms with Crippen LogP contribution in [0.4, 0.5) is 0 Å². The molecule has 6 heteroatoms. The van der Waals surface area contributed by atoms with E-state index < -0.39 is 5.91 Å². The van der Waals surface area contributed by atoms with Gasteiger partial charge in [0, 0.05) is 18.6 Å². The van der Waals surface area contributed by atoms with Gasteiger partial charge in [0.25, 0.3) is 5.91 Å². The molecule has 1 heterocycles. The van der Waals surface area contributed by atoms with Crippen LogP contribution in [0, 0.1) is 11.3 Å². The number of hydrogen-bond donors (Lipinski definition) is 2. The van der Waals surface area contributed by atoms with Crippen LogP contribution < -0.4 is 10.6 Å². The molecule has 0 saturated heterocycles. The Bertz CT molecular complexity index is 420. The molecule has 0 aliphatic rings. The predicted molar refractivity (Wildman–Crippen MR) is 63.0 cm³/mol. The van der Waals surface area contributed by atoms with E-state index in [0.717, 1.165) is 0 Å². The molecule has 0 unspecified atom stereocenters. The third kappa shape index (κ3) is 4.62. The van der Waals surface area contributed by atoms with Gasteiger partial charge in [-0.25, -0.2) is 0 Å². The Labute approximate surface area is 104 Å². The number of rotatable bonds is 6. The van der Waals surface area contributed by atoms with Crippen LogP contribution in [0.1, 0.15) is 5.76 Å². The average molecular weight is 254 g/mol. The van der Waals surface area contributed by atoms with E-state index in [1.165, 1.54) is 12.5 Å². The van der Waals surface area contributed by atoms with Crippen molar-refractivity contribution in [2.45, 2.75) is 6.54 Å². The minimum absolute atomic E-state index is 0.00155. The molecule has 0 spiro atoms. The molecule has 0 atom stereocenters. The summed E-state index contributed by atoms with van der Waals surface area (Å²) < 4.78 is 5.05. The van der Waals surface area contributed by atoms with Crippen LogP contribution in [0.2, 0.25) is 0 Å². The standard InChI is InChI=1S/C11H12ClN3O2/c12-3-4-14-7-9(6-13)11(16)15-8-10-2-1-5-17-10/h1-2,5,7,14H,3-4,8H2,(H,15,16)/b9-7-. The van der Waals surface area contributed by atoms with Crippen molar-refractivity contribution < 1.29 is 9.21 Å². The van der Waals surface area contributed by atoms with Gasteiger partial charge in [0.15, 0.2) is 0 Å². The third-order valence-corrected chi connectivity index (χ3v) is 2.04. The number of furan rings is 1. The maximum atomic E-state index is 11.5. The Balaban J connectivity index is 2.44. The van der Waals surface area contributed by atoms with E-state index in [-0.39, 0.29) is 12.1 Å². The molecule has 90 valence electrons. The van der Waals surface area contributed by atoms with E-state index in [2.05, 4.69) is 10.6 Å². The van der Waals surface area contributed by atoms with E-state index in [1.807, 2.05) is 0 Å². The molecular weight excluding hydrogens is 242 g/mol. The molecule has 17 heavy (non-hydrogen) atoms. The molecule has 2 N–H and O–H groups in total. The topological polar surface area (TPSA) is 78.1 Å². The highest BCUT2D eigenvalue weighted by atomic mass is 35.5. The van der Waals surface area contributed by atoms with E-state index in [4.69, 9.17) is 21.3 Å². The smallest absolute Gasteiger partial charge is 0.263 e. The lowest BCUT2D eigenvalue weighted by molar-refractivity contribution is -0.117. The molecule has 0 bridgehead atoms. The lowest BCUT2D eigenvalue weighted by atomic mass is 10.3. The molecule has 1 amide bonds. The summed E-state index contributed by atoms with van der Waals surface area (Å²) in [6.07, 6.45) is 2.87. The number of hydrogen-bond acceptors (Lipinski definition) is 4. The highest BCUT2D eigenvalue weighted by Crippen LogP contribution is 1.99. The Kier molecular flexibility index (Phi) is 5.69.